The van der Waals surface area contributed by atoms with E-state index in [1.165, 1.54) is 29.2 Å². The Morgan fingerprint density at radius 2 is 1.64 bits per heavy atom. The standard InChI is InChI=1S/C28H31Cl2N3O5S/c1-5-31-28(35)20(3)32(17-21-11-13-22(38-4)14-12-21)26(34)18-33(25-8-6-7-24(29)27(25)30)39(36,37)23-15-9-19(2)10-16-23/h6-16,20H,5,17-18H2,1-4H3,(H,31,35). The minimum Gasteiger partial charge on any atom is -0.497 e. The van der Waals surface area contributed by atoms with E-state index in [1.54, 1.807) is 63.4 Å². The molecular weight excluding hydrogens is 561 g/mol. The van der Waals surface area contributed by atoms with Crippen LogP contribution in [0.2, 0.25) is 10.0 Å². The third-order valence-electron chi connectivity index (χ3n) is 6.12. The van der Waals surface area contributed by atoms with Crippen LogP contribution >= 0.6 is 23.2 Å². The summed E-state index contributed by atoms with van der Waals surface area (Å²) in [6.07, 6.45) is 0. The molecule has 8 nitrogen and oxygen atoms in total. The summed E-state index contributed by atoms with van der Waals surface area (Å²) in [5.74, 6) is -0.330. The Hall–Kier alpha value is -3.27. The number of amides is 2. The number of benzene rings is 3. The van der Waals surface area contributed by atoms with Crippen LogP contribution in [0.5, 0.6) is 5.75 Å². The zero-order valence-corrected chi connectivity index (χ0v) is 24.5. The van der Waals surface area contributed by atoms with Gasteiger partial charge in [-0.3, -0.25) is 13.9 Å². The third-order valence-corrected chi connectivity index (χ3v) is 8.70. The molecule has 1 atom stereocenters. The predicted octanol–water partition coefficient (Wildman–Crippen LogP) is 5.06. The number of nitrogens with zero attached hydrogens (tertiary/aromatic N) is 2. The van der Waals surface area contributed by atoms with Gasteiger partial charge in [-0.05, 0) is 62.7 Å². The van der Waals surface area contributed by atoms with Crippen molar-refractivity contribution in [3.63, 3.8) is 0 Å². The van der Waals surface area contributed by atoms with Crippen molar-refractivity contribution >= 4 is 50.7 Å². The number of sulfonamides is 1. The molecule has 0 heterocycles. The second kappa shape index (κ2) is 13.2. The van der Waals surface area contributed by atoms with Crippen molar-refractivity contribution in [3.05, 3.63) is 87.9 Å². The highest BCUT2D eigenvalue weighted by atomic mass is 35.5. The number of nitrogens with one attached hydrogen (secondary N) is 1. The van der Waals surface area contributed by atoms with Gasteiger partial charge in [0.05, 0.1) is 27.7 Å². The average Bonchev–Trinajstić information content (AvgIpc) is 2.92. The molecule has 0 fully saturated rings. The molecule has 0 aromatic heterocycles. The van der Waals surface area contributed by atoms with E-state index >= 15 is 0 Å². The lowest BCUT2D eigenvalue weighted by atomic mass is 10.1. The quantitative estimate of drug-likeness (QED) is 0.336. The van der Waals surface area contributed by atoms with Gasteiger partial charge in [-0.25, -0.2) is 8.42 Å². The maximum atomic E-state index is 13.9. The van der Waals surface area contributed by atoms with Gasteiger partial charge < -0.3 is 15.0 Å². The maximum absolute atomic E-state index is 13.9. The Labute approximate surface area is 239 Å². The number of halogens is 2. The first-order valence-electron chi connectivity index (χ1n) is 12.2. The molecule has 0 saturated carbocycles. The van der Waals surface area contributed by atoms with E-state index in [-0.39, 0.29) is 33.1 Å². The highest BCUT2D eigenvalue weighted by Gasteiger charge is 2.33. The van der Waals surface area contributed by atoms with Crippen LogP contribution in [0.25, 0.3) is 0 Å². The first-order chi connectivity index (χ1) is 18.5. The van der Waals surface area contributed by atoms with Crippen LogP contribution in [0.1, 0.15) is 25.0 Å². The van der Waals surface area contributed by atoms with Crippen LogP contribution in [0.4, 0.5) is 5.69 Å². The van der Waals surface area contributed by atoms with Gasteiger partial charge in [0.1, 0.15) is 18.3 Å². The van der Waals surface area contributed by atoms with E-state index < -0.39 is 28.5 Å². The van der Waals surface area contributed by atoms with E-state index in [9.17, 15) is 18.0 Å². The molecular formula is C28H31Cl2N3O5S. The summed E-state index contributed by atoms with van der Waals surface area (Å²) in [4.78, 5) is 28.0. The van der Waals surface area contributed by atoms with Crippen LogP contribution in [-0.4, -0.2) is 51.4 Å². The molecule has 39 heavy (non-hydrogen) atoms. The zero-order valence-electron chi connectivity index (χ0n) is 22.1. The molecule has 0 bridgehead atoms. The number of methoxy groups -OCH3 is 1. The number of likely N-dealkylation sites (N-methyl/N-ethyl adjacent to an activating group) is 1. The Morgan fingerprint density at radius 1 is 1.00 bits per heavy atom. The summed E-state index contributed by atoms with van der Waals surface area (Å²) in [7, 11) is -2.70. The van der Waals surface area contributed by atoms with Gasteiger partial charge in [0.2, 0.25) is 11.8 Å². The topological polar surface area (TPSA) is 96.0 Å². The summed E-state index contributed by atoms with van der Waals surface area (Å²) in [5, 5.41) is 2.85. The van der Waals surface area contributed by atoms with Gasteiger partial charge in [0.25, 0.3) is 10.0 Å². The van der Waals surface area contributed by atoms with E-state index in [0.29, 0.717) is 12.3 Å². The van der Waals surface area contributed by atoms with Gasteiger partial charge in [-0.2, -0.15) is 0 Å². The monoisotopic (exact) mass is 591 g/mol. The lowest BCUT2D eigenvalue weighted by Crippen LogP contribution is -2.51. The molecule has 0 spiro atoms. The number of aryl methyl sites for hydroxylation is 1. The van der Waals surface area contributed by atoms with Crippen LogP contribution in [-0.2, 0) is 26.2 Å². The van der Waals surface area contributed by atoms with Crippen molar-refractivity contribution < 1.29 is 22.7 Å². The van der Waals surface area contributed by atoms with Crippen molar-refractivity contribution in [3.8, 4) is 5.75 Å². The summed E-state index contributed by atoms with van der Waals surface area (Å²) < 4.78 is 33.9. The zero-order chi connectivity index (χ0) is 28.7. The number of ether oxygens (including phenoxy) is 1. The maximum Gasteiger partial charge on any atom is 0.264 e. The fourth-order valence-corrected chi connectivity index (χ4v) is 5.74. The van der Waals surface area contributed by atoms with Gasteiger partial charge in [0, 0.05) is 13.1 Å². The number of rotatable bonds is 11. The fraction of sp³-hybridized carbons (Fsp3) is 0.286. The molecule has 1 N–H and O–H groups in total. The number of anilines is 1. The Kier molecular flexibility index (Phi) is 10.2. The molecule has 208 valence electrons. The second-order valence-corrected chi connectivity index (χ2v) is 11.5. The van der Waals surface area contributed by atoms with Gasteiger partial charge in [-0.1, -0.05) is 59.1 Å². The second-order valence-electron chi connectivity index (χ2n) is 8.84. The van der Waals surface area contributed by atoms with E-state index in [1.807, 2.05) is 6.92 Å². The smallest absolute Gasteiger partial charge is 0.264 e. The molecule has 0 saturated heterocycles. The van der Waals surface area contributed by atoms with Crippen LogP contribution in [0, 0.1) is 6.92 Å². The normalized spacial score (nSPS) is 11.9. The van der Waals surface area contributed by atoms with Crippen molar-refractivity contribution in [1.82, 2.24) is 10.2 Å². The van der Waals surface area contributed by atoms with Crippen molar-refractivity contribution in [1.29, 1.82) is 0 Å². The Bertz CT molecular complexity index is 1410. The minimum absolute atomic E-state index is 0.0128. The SMILES string of the molecule is CCNC(=O)C(C)N(Cc1ccc(OC)cc1)C(=O)CN(c1cccc(Cl)c1Cl)S(=O)(=O)c1ccc(C)cc1. The molecule has 2 amide bonds. The molecule has 0 radical (unpaired) electrons. The van der Waals surface area contributed by atoms with Gasteiger partial charge in [0.15, 0.2) is 0 Å². The Morgan fingerprint density at radius 3 is 2.23 bits per heavy atom. The van der Waals surface area contributed by atoms with Crippen LogP contribution in [0.3, 0.4) is 0 Å². The van der Waals surface area contributed by atoms with E-state index in [4.69, 9.17) is 27.9 Å². The molecule has 3 rings (SSSR count). The Balaban J connectivity index is 2.06. The molecule has 3 aromatic carbocycles. The van der Waals surface area contributed by atoms with E-state index in [2.05, 4.69) is 5.32 Å². The summed E-state index contributed by atoms with van der Waals surface area (Å²) in [6.45, 7) is 5.03. The summed E-state index contributed by atoms with van der Waals surface area (Å²) >= 11 is 12.7. The number of hydrogen-bond donors (Lipinski definition) is 1. The molecule has 0 aliphatic carbocycles. The molecule has 0 aliphatic rings. The van der Waals surface area contributed by atoms with E-state index in [0.717, 1.165) is 15.4 Å². The first kappa shape index (κ1) is 30.3. The van der Waals surface area contributed by atoms with Gasteiger partial charge >= 0.3 is 0 Å². The van der Waals surface area contributed by atoms with Crippen molar-refractivity contribution in [2.24, 2.45) is 0 Å². The molecule has 3 aromatic rings. The van der Waals surface area contributed by atoms with Crippen molar-refractivity contribution in [2.75, 3.05) is 24.5 Å². The molecule has 1 unspecified atom stereocenters. The predicted molar refractivity (Wildman–Crippen MR) is 154 cm³/mol. The summed E-state index contributed by atoms with van der Waals surface area (Å²) in [6, 6.07) is 17.0. The number of hydrogen-bond acceptors (Lipinski definition) is 5. The average molecular weight is 593 g/mol. The van der Waals surface area contributed by atoms with Gasteiger partial charge in [-0.15, -0.1) is 0 Å². The number of carbonyl (C=O) groups excluding carboxylic acids is 2. The highest BCUT2D eigenvalue weighted by Crippen LogP contribution is 2.35. The van der Waals surface area contributed by atoms with Crippen LogP contribution < -0.4 is 14.4 Å². The molecule has 11 heteroatoms. The fourth-order valence-electron chi connectivity index (χ4n) is 3.87. The third kappa shape index (κ3) is 7.23. The highest BCUT2D eigenvalue weighted by molar-refractivity contribution is 7.92. The number of carbonyl (C=O) groups is 2. The lowest BCUT2D eigenvalue weighted by Gasteiger charge is -2.32. The summed E-state index contributed by atoms with van der Waals surface area (Å²) in [5.41, 5.74) is 1.65. The van der Waals surface area contributed by atoms with Crippen LogP contribution in [0.15, 0.2) is 71.6 Å². The lowest BCUT2D eigenvalue weighted by molar-refractivity contribution is -0.139. The molecule has 0 aliphatic heterocycles. The minimum atomic E-state index is -4.25. The first-order valence-corrected chi connectivity index (χ1v) is 14.4. The van der Waals surface area contributed by atoms with Crippen molar-refractivity contribution in [2.45, 2.75) is 38.3 Å². The largest absolute Gasteiger partial charge is 0.497 e.